The first kappa shape index (κ1) is 21.8. The molecule has 1 aromatic carbocycles. The zero-order valence-electron chi connectivity index (χ0n) is 17.3. The van der Waals surface area contributed by atoms with Gasteiger partial charge in [0.25, 0.3) is 0 Å². The Morgan fingerprint density at radius 1 is 1.14 bits per heavy atom. The first-order valence-corrected chi connectivity index (χ1v) is 10.0. The van der Waals surface area contributed by atoms with Crippen LogP contribution in [0.2, 0.25) is 0 Å². The minimum atomic E-state index is -0.0702. The summed E-state index contributed by atoms with van der Waals surface area (Å²) >= 11 is 1.58. The highest BCUT2D eigenvalue weighted by atomic mass is 32.2. The summed E-state index contributed by atoms with van der Waals surface area (Å²) in [5, 5.41) is 13.4. The standard InChI is InChI=1S/C23H29N3OS/c1-8-15(2)28-17(4)20-9-19(10-21(27)11-20)16(3)24-12-18-13-25-22(26-14-18)23(5,6)7/h8-11,13-14,24,27H,3-4,12H2,1-2,5-7H3/b15-8-. The SMILES string of the molecule is C=C(NCc1cnc(C(C)(C)C)nc1)c1cc(O)cc(C(=C)S/C(C)=C\C)c1. The molecule has 0 saturated heterocycles. The van der Waals surface area contributed by atoms with Gasteiger partial charge in [0, 0.05) is 46.1 Å². The van der Waals surface area contributed by atoms with E-state index in [1.165, 1.54) is 0 Å². The molecule has 0 atom stereocenters. The maximum Gasteiger partial charge on any atom is 0.133 e. The molecule has 0 saturated carbocycles. The number of hydrogen-bond acceptors (Lipinski definition) is 5. The largest absolute Gasteiger partial charge is 0.508 e. The third-order valence-electron chi connectivity index (χ3n) is 4.16. The van der Waals surface area contributed by atoms with E-state index in [0.29, 0.717) is 6.54 Å². The molecule has 4 nitrogen and oxygen atoms in total. The van der Waals surface area contributed by atoms with Crippen LogP contribution in [0.3, 0.4) is 0 Å². The highest BCUT2D eigenvalue weighted by molar-refractivity contribution is 8.11. The van der Waals surface area contributed by atoms with Crippen molar-refractivity contribution in [3.63, 3.8) is 0 Å². The summed E-state index contributed by atoms with van der Waals surface area (Å²) in [6.07, 6.45) is 5.70. The number of hydrogen-bond donors (Lipinski definition) is 2. The lowest BCUT2D eigenvalue weighted by molar-refractivity contribution is 0.475. The number of phenols is 1. The highest BCUT2D eigenvalue weighted by Crippen LogP contribution is 2.34. The predicted octanol–water partition coefficient (Wildman–Crippen LogP) is 5.87. The van der Waals surface area contributed by atoms with Crippen LogP contribution < -0.4 is 5.32 Å². The van der Waals surface area contributed by atoms with Gasteiger partial charge in [-0.2, -0.15) is 0 Å². The lowest BCUT2D eigenvalue weighted by Gasteiger charge is -2.16. The average Bonchev–Trinajstić information content (AvgIpc) is 2.65. The Hall–Kier alpha value is -2.53. The van der Waals surface area contributed by atoms with Gasteiger partial charge in [0.15, 0.2) is 0 Å². The summed E-state index contributed by atoms with van der Waals surface area (Å²) in [5.41, 5.74) is 3.32. The Balaban J connectivity index is 2.09. The van der Waals surface area contributed by atoms with Crippen LogP contribution in [-0.4, -0.2) is 15.1 Å². The second-order valence-electron chi connectivity index (χ2n) is 7.69. The van der Waals surface area contributed by atoms with Gasteiger partial charge >= 0.3 is 0 Å². The Morgan fingerprint density at radius 2 is 1.75 bits per heavy atom. The van der Waals surface area contributed by atoms with E-state index < -0.39 is 0 Å². The smallest absolute Gasteiger partial charge is 0.133 e. The van der Waals surface area contributed by atoms with Crippen LogP contribution in [0.4, 0.5) is 0 Å². The fraction of sp³-hybridized carbons (Fsp3) is 0.304. The monoisotopic (exact) mass is 395 g/mol. The Labute approximate surface area is 172 Å². The number of allylic oxidation sites excluding steroid dienone is 2. The summed E-state index contributed by atoms with van der Waals surface area (Å²) in [4.78, 5) is 10.9. The molecule has 0 aliphatic heterocycles. The van der Waals surface area contributed by atoms with Crippen molar-refractivity contribution < 1.29 is 5.11 Å². The van der Waals surface area contributed by atoms with Gasteiger partial charge in [0.1, 0.15) is 11.6 Å². The van der Waals surface area contributed by atoms with E-state index >= 15 is 0 Å². The van der Waals surface area contributed by atoms with Crippen molar-refractivity contribution in [1.29, 1.82) is 0 Å². The van der Waals surface area contributed by atoms with Gasteiger partial charge in [0.2, 0.25) is 0 Å². The molecule has 0 radical (unpaired) electrons. The Kier molecular flexibility index (Phi) is 7.08. The number of aromatic hydroxyl groups is 1. The number of rotatable bonds is 7. The van der Waals surface area contributed by atoms with Gasteiger partial charge in [-0.25, -0.2) is 9.97 Å². The van der Waals surface area contributed by atoms with Gasteiger partial charge in [0.05, 0.1) is 0 Å². The second kappa shape index (κ2) is 9.11. The number of aromatic nitrogens is 2. The van der Waals surface area contributed by atoms with E-state index in [1.807, 2.05) is 38.4 Å². The minimum Gasteiger partial charge on any atom is -0.508 e. The van der Waals surface area contributed by atoms with E-state index in [1.54, 1.807) is 23.9 Å². The third-order valence-corrected chi connectivity index (χ3v) is 5.20. The molecule has 0 bridgehead atoms. The molecular weight excluding hydrogens is 366 g/mol. The second-order valence-corrected chi connectivity index (χ2v) is 9.03. The first-order chi connectivity index (χ1) is 13.1. The number of thioether (sulfide) groups is 1. The van der Waals surface area contributed by atoms with Crippen LogP contribution in [0.25, 0.3) is 10.6 Å². The molecule has 28 heavy (non-hydrogen) atoms. The maximum atomic E-state index is 10.1. The number of benzene rings is 1. The van der Waals surface area contributed by atoms with Crippen molar-refractivity contribution in [2.75, 3.05) is 0 Å². The molecule has 0 spiro atoms. The van der Waals surface area contributed by atoms with Gasteiger partial charge < -0.3 is 10.4 Å². The fourth-order valence-electron chi connectivity index (χ4n) is 2.40. The van der Waals surface area contributed by atoms with Crippen LogP contribution in [0.1, 0.15) is 57.1 Å². The summed E-state index contributed by atoms with van der Waals surface area (Å²) in [7, 11) is 0. The molecule has 0 aliphatic rings. The molecule has 5 heteroatoms. The normalized spacial score (nSPS) is 12.0. The predicted molar refractivity (Wildman–Crippen MR) is 121 cm³/mol. The molecule has 0 unspecified atom stereocenters. The van der Waals surface area contributed by atoms with Crippen molar-refractivity contribution in [2.45, 2.75) is 46.6 Å². The molecule has 0 aliphatic carbocycles. The van der Waals surface area contributed by atoms with Crippen molar-refractivity contribution >= 4 is 22.4 Å². The molecule has 2 N–H and O–H groups in total. The lowest BCUT2D eigenvalue weighted by atomic mass is 9.96. The third kappa shape index (κ3) is 5.99. The van der Waals surface area contributed by atoms with E-state index in [2.05, 4.69) is 49.2 Å². The van der Waals surface area contributed by atoms with Crippen LogP contribution in [-0.2, 0) is 12.0 Å². The first-order valence-electron chi connectivity index (χ1n) is 9.19. The van der Waals surface area contributed by atoms with E-state index in [-0.39, 0.29) is 11.2 Å². The summed E-state index contributed by atoms with van der Waals surface area (Å²) < 4.78 is 0. The van der Waals surface area contributed by atoms with E-state index in [9.17, 15) is 5.11 Å². The van der Waals surface area contributed by atoms with E-state index in [0.717, 1.165) is 38.0 Å². The molecule has 0 amide bonds. The van der Waals surface area contributed by atoms with Crippen molar-refractivity contribution in [3.05, 3.63) is 77.2 Å². The van der Waals surface area contributed by atoms with Crippen molar-refractivity contribution in [3.8, 4) is 5.75 Å². The Bertz CT molecular complexity index is 893. The molecule has 1 heterocycles. The lowest BCUT2D eigenvalue weighted by Crippen LogP contribution is -2.17. The topological polar surface area (TPSA) is 58.0 Å². The quantitative estimate of drug-likeness (QED) is 0.614. The van der Waals surface area contributed by atoms with Gasteiger partial charge in [-0.05, 0) is 42.5 Å². The zero-order valence-corrected chi connectivity index (χ0v) is 18.2. The van der Waals surface area contributed by atoms with Gasteiger partial charge in [-0.1, -0.05) is 51.8 Å². The molecule has 148 valence electrons. The van der Waals surface area contributed by atoms with Crippen LogP contribution in [0.15, 0.2) is 54.7 Å². The molecular formula is C23H29N3OS. The summed E-state index contributed by atoms with van der Waals surface area (Å²) in [6.45, 7) is 19.1. The number of nitrogens with one attached hydrogen (secondary N) is 1. The van der Waals surface area contributed by atoms with Crippen LogP contribution in [0.5, 0.6) is 5.75 Å². The number of nitrogens with zero attached hydrogens (tertiary/aromatic N) is 2. The van der Waals surface area contributed by atoms with Crippen LogP contribution >= 0.6 is 11.8 Å². The van der Waals surface area contributed by atoms with Crippen molar-refractivity contribution in [1.82, 2.24) is 15.3 Å². The molecule has 1 aromatic heterocycles. The maximum absolute atomic E-state index is 10.1. The number of phenolic OH excluding ortho intramolecular Hbond substituents is 1. The van der Waals surface area contributed by atoms with Crippen LogP contribution in [0, 0.1) is 0 Å². The van der Waals surface area contributed by atoms with Gasteiger partial charge in [-0.3, -0.25) is 0 Å². The van der Waals surface area contributed by atoms with E-state index in [4.69, 9.17) is 0 Å². The molecule has 0 fully saturated rings. The van der Waals surface area contributed by atoms with Crippen molar-refractivity contribution in [2.24, 2.45) is 0 Å². The summed E-state index contributed by atoms with van der Waals surface area (Å²) in [6, 6.07) is 5.39. The molecule has 2 aromatic rings. The summed E-state index contributed by atoms with van der Waals surface area (Å²) in [5.74, 6) is 1.01. The fourth-order valence-corrected chi connectivity index (χ4v) is 3.14. The highest BCUT2D eigenvalue weighted by Gasteiger charge is 2.16. The molecule has 2 rings (SSSR count). The minimum absolute atomic E-state index is 0.0702. The van der Waals surface area contributed by atoms with Gasteiger partial charge in [-0.15, -0.1) is 0 Å². The Morgan fingerprint density at radius 3 is 2.32 bits per heavy atom. The zero-order chi connectivity index (χ0) is 20.9. The average molecular weight is 396 g/mol.